The van der Waals surface area contributed by atoms with Crippen LogP contribution in [-0.2, 0) is 10.0 Å². The molecule has 0 aromatic heterocycles. The number of halogens is 1. The smallest absolute Gasteiger partial charge is 0.244 e. The number of rotatable bonds is 2. The van der Waals surface area contributed by atoms with E-state index in [1.54, 1.807) is 18.2 Å². The van der Waals surface area contributed by atoms with Crippen molar-refractivity contribution in [2.75, 3.05) is 19.6 Å². The van der Waals surface area contributed by atoms with Crippen LogP contribution < -0.4 is 5.32 Å². The van der Waals surface area contributed by atoms with Crippen LogP contribution in [-0.4, -0.2) is 38.4 Å². The molecular formula is C12H17ClN2O2S. The minimum Gasteiger partial charge on any atom is -0.312 e. The van der Waals surface area contributed by atoms with Gasteiger partial charge in [0.1, 0.15) is 4.90 Å². The summed E-state index contributed by atoms with van der Waals surface area (Å²) in [6.07, 6.45) is 0. The Balaban J connectivity index is 2.35. The molecule has 1 aliphatic rings. The van der Waals surface area contributed by atoms with E-state index in [9.17, 15) is 8.42 Å². The quantitative estimate of drug-likeness (QED) is 0.900. The molecule has 2 rings (SSSR count). The molecule has 0 amide bonds. The molecule has 4 nitrogen and oxygen atoms in total. The lowest BCUT2D eigenvalue weighted by Crippen LogP contribution is -2.51. The third-order valence-corrected chi connectivity index (χ3v) is 5.38. The highest BCUT2D eigenvalue weighted by Crippen LogP contribution is 2.26. The summed E-state index contributed by atoms with van der Waals surface area (Å²) in [5, 5.41) is 3.51. The third-order valence-electron chi connectivity index (χ3n) is 3.04. The first-order valence-electron chi connectivity index (χ1n) is 5.91. The molecule has 1 N–H and O–H groups in total. The maximum Gasteiger partial charge on any atom is 0.244 e. The Labute approximate surface area is 113 Å². The van der Waals surface area contributed by atoms with E-state index in [4.69, 9.17) is 11.6 Å². The SMILES string of the molecule is Cc1ccc(S(=O)(=O)N2CCN[C@@H](C)C2)c(Cl)c1. The van der Waals surface area contributed by atoms with Gasteiger partial charge in [0.2, 0.25) is 10.0 Å². The fourth-order valence-corrected chi connectivity index (χ4v) is 4.17. The van der Waals surface area contributed by atoms with Gasteiger partial charge in [-0.05, 0) is 31.5 Å². The molecule has 100 valence electrons. The summed E-state index contributed by atoms with van der Waals surface area (Å²) in [4.78, 5) is 0.198. The summed E-state index contributed by atoms with van der Waals surface area (Å²) in [6.45, 7) is 5.49. The van der Waals surface area contributed by atoms with Crippen LogP contribution >= 0.6 is 11.6 Å². The van der Waals surface area contributed by atoms with Crippen LogP contribution in [0.3, 0.4) is 0 Å². The third kappa shape index (κ3) is 2.69. The normalized spacial score (nSPS) is 22.1. The largest absolute Gasteiger partial charge is 0.312 e. The zero-order valence-corrected chi connectivity index (χ0v) is 12.1. The Kier molecular flexibility index (Phi) is 3.96. The van der Waals surface area contributed by atoms with E-state index in [1.165, 1.54) is 4.31 Å². The predicted octanol–water partition coefficient (Wildman–Crippen LogP) is 1.63. The topological polar surface area (TPSA) is 49.4 Å². The van der Waals surface area contributed by atoms with Gasteiger partial charge in [-0.25, -0.2) is 8.42 Å². The van der Waals surface area contributed by atoms with Gasteiger partial charge < -0.3 is 5.32 Å². The highest BCUT2D eigenvalue weighted by molar-refractivity contribution is 7.89. The summed E-state index contributed by atoms with van der Waals surface area (Å²) < 4.78 is 26.4. The van der Waals surface area contributed by atoms with Crippen LogP contribution in [0.15, 0.2) is 23.1 Å². The van der Waals surface area contributed by atoms with E-state index < -0.39 is 10.0 Å². The minimum atomic E-state index is -3.48. The van der Waals surface area contributed by atoms with Crippen molar-refractivity contribution >= 4 is 21.6 Å². The molecule has 18 heavy (non-hydrogen) atoms. The summed E-state index contributed by atoms with van der Waals surface area (Å²) >= 11 is 6.05. The van der Waals surface area contributed by atoms with Gasteiger partial charge in [0, 0.05) is 25.7 Å². The number of nitrogens with one attached hydrogen (secondary N) is 1. The lowest BCUT2D eigenvalue weighted by Gasteiger charge is -2.31. The number of benzene rings is 1. The number of hydrogen-bond donors (Lipinski definition) is 1. The molecular weight excluding hydrogens is 272 g/mol. The number of aryl methyl sites for hydroxylation is 1. The molecule has 6 heteroatoms. The fourth-order valence-electron chi connectivity index (χ4n) is 2.07. The zero-order chi connectivity index (χ0) is 13.3. The number of sulfonamides is 1. The van der Waals surface area contributed by atoms with Gasteiger partial charge in [0.25, 0.3) is 0 Å². The second-order valence-corrected chi connectivity index (χ2v) is 6.97. The average molecular weight is 289 g/mol. The summed E-state index contributed by atoms with van der Waals surface area (Å²) in [7, 11) is -3.48. The standard InChI is InChI=1S/C12H17ClN2O2S/c1-9-3-4-12(11(13)7-9)18(16,17)15-6-5-14-10(2)8-15/h3-4,7,10,14H,5-6,8H2,1-2H3/t10-/m0/s1. The summed E-state index contributed by atoms with van der Waals surface area (Å²) in [5.74, 6) is 0. The Morgan fingerprint density at radius 1 is 1.44 bits per heavy atom. The van der Waals surface area contributed by atoms with Gasteiger partial charge in [0.05, 0.1) is 5.02 Å². The first-order valence-corrected chi connectivity index (χ1v) is 7.73. The van der Waals surface area contributed by atoms with E-state index in [1.807, 2.05) is 13.8 Å². The number of nitrogens with zero attached hydrogens (tertiary/aromatic N) is 1. The zero-order valence-electron chi connectivity index (χ0n) is 10.5. The number of piperazine rings is 1. The van der Waals surface area contributed by atoms with Crippen LogP contribution in [0.1, 0.15) is 12.5 Å². The second kappa shape index (κ2) is 5.17. The van der Waals surface area contributed by atoms with Gasteiger partial charge in [-0.3, -0.25) is 0 Å². The van der Waals surface area contributed by atoms with Gasteiger partial charge >= 0.3 is 0 Å². The lowest BCUT2D eigenvalue weighted by atomic mass is 10.2. The van der Waals surface area contributed by atoms with E-state index >= 15 is 0 Å². The number of hydrogen-bond acceptors (Lipinski definition) is 3. The molecule has 1 atom stereocenters. The summed E-state index contributed by atoms with van der Waals surface area (Å²) in [5.41, 5.74) is 0.952. The van der Waals surface area contributed by atoms with E-state index in [-0.39, 0.29) is 10.9 Å². The molecule has 0 aliphatic carbocycles. The van der Waals surface area contributed by atoms with E-state index in [0.717, 1.165) is 5.56 Å². The predicted molar refractivity (Wildman–Crippen MR) is 72.4 cm³/mol. The van der Waals surface area contributed by atoms with Crippen LogP contribution in [0.25, 0.3) is 0 Å². The second-order valence-electron chi connectivity index (χ2n) is 4.65. The highest BCUT2D eigenvalue weighted by atomic mass is 35.5. The molecule has 0 saturated carbocycles. The van der Waals surface area contributed by atoms with Crippen molar-refractivity contribution in [3.05, 3.63) is 28.8 Å². The monoisotopic (exact) mass is 288 g/mol. The van der Waals surface area contributed by atoms with Crippen molar-refractivity contribution in [3.63, 3.8) is 0 Å². The fraction of sp³-hybridized carbons (Fsp3) is 0.500. The highest BCUT2D eigenvalue weighted by Gasteiger charge is 2.29. The van der Waals surface area contributed by atoms with E-state index in [0.29, 0.717) is 24.7 Å². The molecule has 1 heterocycles. The Morgan fingerprint density at radius 2 is 2.17 bits per heavy atom. The van der Waals surface area contributed by atoms with Crippen LogP contribution in [0, 0.1) is 6.92 Å². The first kappa shape index (κ1) is 13.8. The van der Waals surface area contributed by atoms with Gasteiger partial charge in [-0.1, -0.05) is 17.7 Å². The lowest BCUT2D eigenvalue weighted by molar-refractivity contribution is 0.310. The van der Waals surface area contributed by atoms with Crippen LogP contribution in [0.2, 0.25) is 5.02 Å². The molecule has 0 radical (unpaired) electrons. The maximum atomic E-state index is 12.5. The van der Waals surface area contributed by atoms with Crippen molar-refractivity contribution in [2.45, 2.75) is 24.8 Å². The maximum absolute atomic E-state index is 12.5. The molecule has 1 aromatic rings. The molecule has 1 aromatic carbocycles. The van der Waals surface area contributed by atoms with Gasteiger partial charge in [0.15, 0.2) is 0 Å². The van der Waals surface area contributed by atoms with E-state index in [2.05, 4.69) is 5.32 Å². The first-order chi connectivity index (χ1) is 8.41. The molecule has 0 unspecified atom stereocenters. The van der Waals surface area contributed by atoms with Crippen molar-refractivity contribution in [2.24, 2.45) is 0 Å². The molecule has 1 fully saturated rings. The molecule has 1 saturated heterocycles. The van der Waals surface area contributed by atoms with Crippen molar-refractivity contribution in [1.29, 1.82) is 0 Å². The van der Waals surface area contributed by atoms with Crippen LogP contribution in [0.4, 0.5) is 0 Å². The Hall–Kier alpha value is -0.620. The van der Waals surface area contributed by atoms with Gasteiger partial charge in [-0.15, -0.1) is 0 Å². The van der Waals surface area contributed by atoms with Gasteiger partial charge in [-0.2, -0.15) is 4.31 Å². The molecule has 0 bridgehead atoms. The van der Waals surface area contributed by atoms with Crippen molar-refractivity contribution in [3.8, 4) is 0 Å². The van der Waals surface area contributed by atoms with Crippen LogP contribution in [0.5, 0.6) is 0 Å². The molecule has 0 spiro atoms. The average Bonchev–Trinajstić information content (AvgIpc) is 2.28. The Morgan fingerprint density at radius 3 is 2.78 bits per heavy atom. The van der Waals surface area contributed by atoms with Crippen molar-refractivity contribution in [1.82, 2.24) is 9.62 Å². The summed E-state index contributed by atoms with van der Waals surface area (Å²) in [6, 6.07) is 5.20. The minimum absolute atomic E-state index is 0.165. The molecule has 1 aliphatic heterocycles. The Bertz CT molecular complexity index is 545. The van der Waals surface area contributed by atoms with Crippen molar-refractivity contribution < 1.29 is 8.42 Å².